The van der Waals surface area contributed by atoms with Crippen molar-refractivity contribution >= 4 is 5.91 Å². The third kappa shape index (κ3) is 4.42. The van der Waals surface area contributed by atoms with Crippen molar-refractivity contribution in [3.8, 4) is 5.75 Å². The van der Waals surface area contributed by atoms with Crippen molar-refractivity contribution in [1.29, 1.82) is 0 Å². The Labute approximate surface area is 155 Å². The molecule has 2 aromatic carbocycles. The van der Waals surface area contributed by atoms with E-state index in [1.54, 1.807) is 0 Å². The standard InChI is InChI=1S/C20H21F3N2O2/c1-25(2)17(13-6-7-18-14(10-13)8-9-27-18)12-24-19(26)15-4-3-5-16(11-15)20(21,22)23/h3-7,10-11,17H,8-9,12H2,1-2H3,(H,24,26). The fourth-order valence-corrected chi connectivity index (χ4v) is 3.14. The molecule has 0 fully saturated rings. The molecule has 1 aliphatic heterocycles. The van der Waals surface area contributed by atoms with Crippen LogP contribution in [-0.4, -0.2) is 38.1 Å². The lowest BCUT2D eigenvalue weighted by Crippen LogP contribution is -2.34. The maximum absolute atomic E-state index is 12.8. The van der Waals surface area contributed by atoms with E-state index < -0.39 is 17.6 Å². The molecule has 27 heavy (non-hydrogen) atoms. The number of nitrogens with zero attached hydrogens (tertiary/aromatic N) is 1. The van der Waals surface area contributed by atoms with Gasteiger partial charge in [0.05, 0.1) is 18.2 Å². The molecule has 144 valence electrons. The van der Waals surface area contributed by atoms with Gasteiger partial charge in [-0.05, 0) is 49.5 Å². The number of ether oxygens (including phenoxy) is 1. The molecule has 1 N–H and O–H groups in total. The van der Waals surface area contributed by atoms with Gasteiger partial charge in [-0.1, -0.05) is 18.2 Å². The van der Waals surface area contributed by atoms with Crippen LogP contribution in [0.3, 0.4) is 0 Å². The van der Waals surface area contributed by atoms with E-state index in [1.807, 2.05) is 31.1 Å². The van der Waals surface area contributed by atoms with Gasteiger partial charge in [-0.15, -0.1) is 0 Å². The van der Waals surface area contributed by atoms with Gasteiger partial charge in [-0.3, -0.25) is 4.79 Å². The van der Waals surface area contributed by atoms with Crippen LogP contribution < -0.4 is 10.1 Å². The van der Waals surface area contributed by atoms with Crippen LogP contribution >= 0.6 is 0 Å². The van der Waals surface area contributed by atoms with Crippen molar-refractivity contribution < 1.29 is 22.7 Å². The maximum atomic E-state index is 12.8. The van der Waals surface area contributed by atoms with E-state index in [0.717, 1.165) is 35.4 Å². The highest BCUT2D eigenvalue weighted by molar-refractivity contribution is 5.94. The number of amides is 1. The highest BCUT2D eigenvalue weighted by atomic mass is 19.4. The molecule has 1 unspecified atom stereocenters. The molecule has 4 nitrogen and oxygen atoms in total. The van der Waals surface area contributed by atoms with Crippen LogP contribution in [-0.2, 0) is 12.6 Å². The monoisotopic (exact) mass is 378 g/mol. The van der Waals surface area contributed by atoms with E-state index in [2.05, 4.69) is 11.4 Å². The number of likely N-dealkylation sites (N-methyl/N-ethyl adjacent to an activating group) is 1. The van der Waals surface area contributed by atoms with Crippen LogP contribution in [0.25, 0.3) is 0 Å². The smallest absolute Gasteiger partial charge is 0.416 e. The fourth-order valence-electron chi connectivity index (χ4n) is 3.14. The van der Waals surface area contributed by atoms with E-state index in [9.17, 15) is 18.0 Å². The summed E-state index contributed by atoms with van der Waals surface area (Å²) in [6.45, 7) is 0.944. The Morgan fingerprint density at radius 1 is 1.22 bits per heavy atom. The first kappa shape index (κ1) is 19.2. The second kappa shape index (κ2) is 7.60. The minimum absolute atomic E-state index is 0.00955. The zero-order valence-corrected chi connectivity index (χ0v) is 15.1. The van der Waals surface area contributed by atoms with Crippen molar-refractivity contribution in [2.45, 2.75) is 18.6 Å². The molecular formula is C20H21F3N2O2. The topological polar surface area (TPSA) is 41.6 Å². The molecule has 3 rings (SSSR count). The second-order valence-corrected chi connectivity index (χ2v) is 6.73. The van der Waals surface area contributed by atoms with Gasteiger partial charge < -0.3 is 15.0 Å². The molecular weight excluding hydrogens is 357 g/mol. The predicted octanol–water partition coefficient (Wildman–Crippen LogP) is 3.67. The molecule has 1 heterocycles. The number of carbonyl (C=O) groups is 1. The van der Waals surface area contributed by atoms with Crippen LogP contribution in [0.2, 0.25) is 0 Å². The first-order chi connectivity index (χ1) is 12.8. The third-order valence-electron chi connectivity index (χ3n) is 4.63. The average Bonchev–Trinajstić information content (AvgIpc) is 3.08. The van der Waals surface area contributed by atoms with E-state index in [0.29, 0.717) is 6.61 Å². The number of fused-ring (bicyclic) bond motifs is 1. The average molecular weight is 378 g/mol. The maximum Gasteiger partial charge on any atom is 0.416 e. The molecule has 2 aromatic rings. The molecule has 1 aliphatic rings. The van der Waals surface area contributed by atoms with Gasteiger partial charge in [0.15, 0.2) is 0 Å². The molecule has 0 bridgehead atoms. The summed E-state index contributed by atoms with van der Waals surface area (Å²) in [5.74, 6) is 0.349. The largest absolute Gasteiger partial charge is 0.493 e. The molecule has 0 aromatic heterocycles. The number of halogens is 3. The summed E-state index contributed by atoms with van der Waals surface area (Å²) in [5, 5.41) is 2.75. The Morgan fingerprint density at radius 2 is 2.00 bits per heavy atom. The first-order valence-corrected chi connectivity index (χ1v) is 8.63. The SMILES string of the molecule is CN(C)C(CNC(=O)c1cccc(C(F)(F)F)c1)c1ccc2c(c1)CCO2. The van der Waals surface area contributed by atoms with Crippen LogP contribution in [0.15, 0.2) is 42.5 Å². The van der Waals surface area contributed by atoms with Crippen LogP contribution in [0.5, 0.6) is 5.75 Å². The van der Waals surface area contributed by atoms with Gasteiger partial charge in [0.2, 0.25) is 0 Å². The number of hydrogen-bond acceptors (Lipinski definition) is 3. The zero-order valence-electron chi connectivity index (χ0n) is 15.1. The van der Waals surface area contributed by atoms with Crippen LogP contribution in [0.1, 0.15) is 33.1 Å². The number of nitrogens with one attached hydrogen (secondary N) is 1. The lowest BCUT2D eigenvalue weighted by Gasteiger charge is -2.25. The van der Waals surface area contributed by atoms with Crippen LogP contribution in [0.4, 0.5) is 13.2 Å². The predicted molar refractivity (Wildman–Crippen MR) is 95.8 cm³/mol. The van der Waals surface area contributed by atoms with Gasteiger partial charge in [-0.2, -0.15) is 13.2 Å². The van der Waals surface area contributed by atoms with E-state index in [-0.39, 0.29) is 18.2 Å². The zero-order chi connectivity index (χ0) is 19.6. The van der Waals surface area contributed by atoms with Gasteiger partial charge in [0.1, 0.15) is 5.75 Å². The summed E-state index contributed by atoms with van der Waals surface area (Å²) >= 11 is 0. The molecule has 1 amide bonds. The van der Waals surface area contributed by atoms with E-state index in [1.165, 1.54) is 12.1 Å². The Kier molecular flexibility index (Phi) is 5.41. The molecule has 0 saturated heterocycles. The number of rotatable bonds is 5. The van der Waals surface area contributed by atoms with Crippen molar-refractivity contribution in [3.63, 3.8) is 0 Å². The number of carbonyl (C=O) groups excluding carboxylic acids is 1. The summed E-state index contributed by atoms with van der Waals surface area (Å²) in [6, 6.07) is 10.3. The Hall–Kier alpha value is -2.54. The highest BCUT2D eigenvalue weighted by Gasteiger charge is 2.31. The molecule has 7 heteroatoms. The number of alkyl halides is 3. The molecule has 0 radical (unpaired) electrons. The number of benzene rings is 2. The summed E-state index contributed by atoms with van der Waals surface area (Å²) in [4.78, 5) is 14.3. The van der Waals surface area contributed by atoms with Crippen LogP contribution in [0, 0.1) is 0 Å². The Morgan fingerprint density at radius 3 is 2.70 bits per heavy atom. The van der Waals surface area contributed by atoms with Crippen molar-refractivity contribution in [2.75, 3.05) is 27.2 Å². The second-order valence-electron chi connectivity index (χ2n) is 6.73. The van der Waals surface area contributed by atoms with Crippen molar-refractivity contribution in [2.24, 2.45) is 0 Å². The first-order valence-electron chi connectivity index (χ1n) is 8.63. The van der Waals surface area contributed by atoms with Crippen molar-refractivity contribution in [1.82, 2.24) is 10.2 Å². The quantitative estimate of drug-likeness (QED) is 0.863. The summed E-state index contributed by atoms with van der Waals surface area (Å²) in [6.07, 6.45) is -3.63. The summed E-state index contributed by atoms with van der Waals surface area (Å²) in [7, 11) is 3.79. The van der Waals surface area contributed by atoms with Gasteiger partial charge in [0, 0.05) is 18.5 Å². The van der Waals surface area contributed by atoms with Gasteiger partial charge in [-0.25, -0.2) is 0 Å². The lowest BCUT2D eigenvalue weighted by atomic mass is 10.0. The molecule has 1 atom stereocenters. The van der Waals surface area contributed by atoms with E-state index in [4.69, 9.17) is 4.74 Å². The van der Waals surface area contributed by atoms with Gasteiger partial charge >= 0.3 is 6.18 Å². The van der Waals surface area contributed by atoms with Crippen molar-refractivity contribution in [3.05, 3.63) is 64.7 Å². The fraction of sp³-hybridized carbons (Fsp3) is 0.350. The van der Waals surface area contributed by atoms with E-state index >= 15 is 0 Å². The summed E-state index contributed by atoms with van der Waals surface area (Å²) in [5.41, 5.74) is 1.31. The molecule has 0 aliphatic carbocycles. The lowest BCUT2D eigenvalue weighted by molar-refractivity contribution is -0.137. The Balaban J connectivity index is 1.72. The summed E-state index contributed by atoms with van der Waals surface area (Å²) < 4.78 is 44.0. The molecule has 0 spiro atoms. The minimum atomic E-state index is -4.48. The third-order valence-corrected chi connectivity index (χ3v) is 4.63. The normalized spacial score (nSPS) is 14.6. The molecule has 0 saturated carbocycles. The highest BCUT2D eigenvalue weighted by Crippen LogP contribution is 2.30. The van der Waals surface area contributed by atoms with Gasteiger partial charge in [0.25, 0.3) is 5.91 Å². The number of hydrogen-bond donors (Lipinski definition) is 1. The minimum Gasteiger partial charge on any atom is -0.493 e. The Bertz CT molecular complexity index is 834.